The molecule has 0 aliphatic heterocycles. The van der Waals surface area contributed by atoms with E-state index < -0.39 is 18.0 Å². The van der Waals surface area contributed by atoms with Gasteiger partial charge in [0, 0.05) is 10.6 Å². The van der Waals surface area contributed by atoms with Crippen molar-refractivity contribution in [2.75, 3.05) is 26.1 Å². The van der Waals surface area contributed by atoms with Gasteiger partial charge in [0.2, 0.25) is 0 Å². The first-order chi connectivity index (χ1) is 11.5. The second kappa shape index (κ2) is 8.47. The van der Waals surface area contributed by atoms with E-state index in [-0.39, 0.29) is 5.75 Å². The first kappa shape index (κ1) is 18.7. The second-order valence-corrected chi connectivity index (χ2v) is 8.97. The zero-order valence-electron chi connectivity index (χ0n) is 13.7. The van der Waals surface area contributed by atoms with E-state index in [2.05, 4.69) is 0 Å². The van der Waals surface area contributed by atoms with Crippen molar-refractivity contribution in [2.45, 2.75) is 6.42 Å². The molecule has 0 radical (unpaired) electrons. The molecule has 2 aromatic carbocycles. The number of rotatable bonds is 8. The van der Waals surface area contributed by atoms with Gasteiger partial charge in [-0.2, -0.15) is 8.42 Å². The Balaban J connectivity index is 2.41. The van der Waals surface area contributed by atoms with E-state index in [1.165, 1.54) is 0 Å². The monoisotopic (exact) mass is 368 g/mol. The average molecular weight is 368 g/mol. The SMILES string of the molecule is COc1ccccc1P(CCCS(=O)(=O)O)c1ccccc1OC. The molecule has 1 N–H and O–H groups in total. The van der Waals surface area contributed by atoms with Gasteiger partial charge in [-0.25, -0.2) is 0 Å². The van der Waals surface area contributed by atoms with Crippen molar-refractivity contribution in [1.82, 2.24) is 0 Å². The highest BCUT2D eigenvalue weighted by Crippen LogP contribution is 2.40. The van der Waals surface area contributed by atoms with Crippen LogP contribution in [0.5, 0.6) is 11.5 Å². The minimum atomic E-state index is -3.97. The van der Waals surface area contributed by atoms with Gasteiger partial charge in [-0.1, -0.05) is 36.4 Å². The molecule has 2 aromatic rings. The van der Waals surface area contributed by atoms with Gasteiger partial charge in [0.05, 0.1) is 20.0 Å². The Morgan fingerprint density at radius 2 is 1.38 bits per heavy atom. The molecule has 0 atom stereocenters. The molecule has 0 spiro atoms. The standard InChI is InChI=1S/C17H21O5PS/c1-21-14-8-3-5-10-16(14)23(12-7-13-24(18,19)20)17-11-6-4-9-15(17)22-2/h3-6,8-11H,7,12-13H2,1-2H3,(H,18,19,20). The summed E-state index contributed by atoms with van der Waals surface area (Å²) < 4.78 is 42.0. The third kappa shape index (κ3) is 4.94. The topological polar surface area (TPSA) is 72.8 Å². The minimum absolute atomic E-state index is 0.254. The molecule has 5 nitrogen and oxygen atoms in total. The first-order valence-electron chi connectivity index (χ1n) is 7.45. The van der Waals surface area contributed by atoms with Gasteiger partial charge in [-0.05, 0) is 32.6 Å². The summed E-state index contributed by atoms with van der Waals surface area (Å²) in [5.41, 5.74) is 0. The Bertz CT molecular complexity index is 729. The average Bonchev–Trinajstić information content (AvgIpc) is 2.58. The number of methoxy groups -OCH3 is 2. The van der Waals surface area contributed by atoms with Gasteiger partial charge in [-0.15, -0.1) is 0 Å². The van der Waals surface area contributed by atoms with Crippen molar-refractivity contribution >= 4 is 28.6 Å². The third-order valence-electron chi connectivity index (χ3n) is 3.54. The zero-order valence-corrected chi connectivity index (χ0v) is 15.4. The summed E-state index contributed by atoms with van der Waals surface area (Å²) in [6.07, 6.45) is 0.969. The van der Waals surface area contributed by atoms with Gasteiger partial charge < -0.3 is 9.47 Å². The predicted molar refractivity (Wildman–Crippen MR) is 98.1 cm³/mol. The molecule has 0 aromatic heterocycles. The van der Waals surface area contributed by atoms with E-state index in [1.807, 2.05) is 48.5 Å². The zero-order chi connectivity index (χ0) is 17.6. The highest BCUT2D eigenvalue weighted by atomic mass is 32.2. The van der Waals surface area contributed by atoms with Gasteiger partial charge in [0.15, 0.2) is 0 Å². The summed E-state index contributed by atoms with van der Waals surface area (Å²) in [6, 6.07) is 15.4. The lowest BCUT2D eigenvalue weighted by molar-refractivity contribution is 0.417. The van der Waals surface area contributed by atoms with E-state index in [0.29, 0.717) is 12.6 Å². The van der Waals surface area contributed by atoms with Crippen LogP contribution in [0.25, 0.3) is 0 Å². The summed E-state index contributed by atoms with van der Waals surface area (Å²) >= 11 is 0. The maximum Gasteiger partial charge on any atom is 0.264 e. The fraction of sp³-hybridized carbons (Fsp3) is 0.294. The van der Waals surface area contributed by atoms with Crippen LogP contribution < -0.4 is 20.1 Å². The molecule has 7 heteroatoms. The maximum atomic E-state index is 11.0. The number of para-hydroxylation sites is 2. The van der Waals surface area contributed by atoms with Crippen LogP contribution in [0, 0.1) is 0 Å². The highest BCUT2D eigenvalue weighted by Gasteiger charge is 2.21. The third-order valence-corrected chi connectivity index (χ3v) is 7.01. The van der Waals surface area contributed by atoms with Gasteiger partial charge in [-0.3, -0.25) is 4.55 Å². The van der Waals surface area contributed by atoms with Crippen LogP contribution in [-0.4, -0.2) is 39.1 Å². The number of benzene rings is 2. The van der Waals surface area contributed by atoms with Crippen molar-refractivity contribution < 1.29 is 22.4 Å². The molecule has 0 aliphatic carbocycles. The van der Waals surface area contributed by atoms with Gasteiger partial charge in [0.1, 0.15) is 11.5 Å². The number of hydrogen-bond acceptors (Lipinski definition) is 4. The first-order valence-corrected chi connectivity index (χ1v) is 10.6. The Morgan fingerprint density at radius 1 is 0.917 bits per heavy atom. The van der Waals surface area contributed by atoms with Crippen molar-refractivity contribution in [1.29, 1.82) is 0 Å². The van der Waals surface area contributed by atoms with E-state index >= 15 is 0 Å². The largest absolute Gasteiger partial charge is 0.496 e. The lowest BCUT2D eigenvalue weighted by Gasteiger charge is -2.22. The van der Waals surface area contributed by atoms with Crippen LogP contribution in [0.4, 0.5) is 0 Å². The van der Waals surface area contributed by atoms with Crippen LogP contribution in [0.3, 0.4) is 0 Å². The summed E-state index contributed by atoms with van der Waals surface area (Å²) in [6.45, 7) is 0. The molecule has 0 saturated carbocycles. The Morgan fingerprint density at radius 3 is 1.79 bits per heavy atom. The van der Waals surface area contributed by atoms with E-state index in [0.717, 1.165) is 22.1 Å². The molecule has 0 amide bonds. The molecule has 0 unspecified atom stereocenters. The molecule has 2 rings (SSSR count). The summed E-state index contributed by atoms with van der Waals surface area (Å²) in [4.78, 5) is 0. The summed E-state index contributed by atoms with van der Waals surface area (Å²) in [5, 5.41) is 2.05. The van der Waals surface area contributed by atoms with Gasteiger partial charge >= 0.3 is 0 Å². The van der Waals surface area contributed by atoms with Crippen LogP contribution >= 0.6 is 7.92 Å². The smallest absolute Gasteiger partial charge is 0.264 e. The lowest BCUT2D eigenvalue weighted by atomic mass is 10.3. The summed E-state index contributed by atoms with van der Waals surface area (Å²) in [7, 11) is -1.61. The normalized spacial score (nSPS) is 11.5. The molecule has 130 valence electrons. The molecular weight excluding hydrogens is 347 g/mol. The lowest BCUT2D eigenvalue weighted by Crippen LogP contribution is -2.19. The molecule has 0 aliphatic rings. The second-order valence-electron chi connectivity index (χ2n) is 5.13. The van der Waals surface area contributed by atoms with Crippen LogP contribution in [0.1, 0.15) is 6.42 Å². The van der Waals surface area contributed by atoms with E-state index in [1.54, 1.807) is 14.2 Å². The minimum Gasteiger partial charge on any atom is -0.496 e. The molecule has 0 heterocycles. The Kier molecular flexibility index (Phi) is 6.60. The quantitative estimate of drug-likeness (QED) is 0.572. The molecule has 0 saturated heterocycles. The van der Waals surface area contributed by atoms with E-state index in [9.17, 15) is 8.42 Å². The number of ether oxygens (including phenoxy) is 2. The van der Waals surface area contributed by atoms with E-state index in [4.69, 9.17) is 14.0 Å². The fourth-order valence-electron chi connectivity index (χ4n) is 2.48. The van der Waals surface area contributed by atoms with Crippen molar-refractivity contribution in [3.63, 3.8) is 0 Å². The Hall–Kier alpha value is -1.62. The van der Waals surface area contributed by atoms with Crippen LogP contribution in [0.2, 0.25) is 0 Å². The fourth-order valence-corrected chi connectivity index (χ4v) is 5.82. The molecule has 0 bridgehead atoms. The molecule has 0 fully saturated rings. The van der Waals surface area contributed by atoms with Crippen LogP contribution in [0.15, 0.2) is 48.5 Å². The Labute approximate surface area is 144 Å². The van der Waals surface area contributed by atoms with Gasteiger partial charge in [0.25, 0.3) is 10.1 Å². The van der Waals surface area contributed by atoms with Crippen molar-refractivity contribution in [3.05, 3.63) is 48.5 Å². The maximum absolute atomic E-state index is 11.0. The summed E-state index contributed by atoms with van der Waals surface area (Å²) in [5.74, 6) is 1.28. The molecular formula is C17H21O5PS. The van der Waals surface area contributed by atoms with Crippen molar-refractivity contribution in [2.24, 2.45) is 0 Å². The molecule has 24 heavy (non-hydrogen) atoms. The number of hydrogen-bond donors (Lipinski definition) is 1. The highest BCUT2D eigenvalue weighted by molar-refractivity contribution is 7.85. The van der Waals surface area contributed by atoms with Crippen molar-refractivity contribution in [3.8, 4) is 11.5 Å². The predicted octanol–water partition coefficient (Wildman–Crippen LogP) is 2.41. The van der Waals surface area contributed by atoms with Crippen LogP contribution in [-0.2, 0) is 10.1 Å².